The van der Waals surface area contributed by atoms with Crippen molar-refractivity contribution < 1.29 is 4.79 Å². The van der Waals surface area contributed by atoms with Crippen LogP contribution in [0.25, 0.3) is 0 Å². The zero-order valence-electron chi connectivity index (χ0n) is 4.22. The molecular weight excluding hydrogens is 110 g/mol. The molecule has 0 radical (unpaired) electrons. The third-order valence-electron chi connectivity index (χ3n) is 0.610. The average Bonchev–Trinajstić information content (AvgIpc) is 1.68. The van der Waals surface area contributed by atoms with Gasteiger partial charge in [-0.15, -0.1) is 0 Å². The van der Waals surface area contributed by atoms with E-state index in [1.807, 2.05) is 0 Å². The van der Waals surface area contributed by atoms with Gasteiger partial charge in [-0.2, -0.15) is 12.6 Å². The molecule has 2 nitrogen and oxygen atoms in total. The zero-order valence-corrected chi connectivity index (χ0v) is 5.11. The molecule has 0 saturated heterocycles. The van der Waals surface area contributed by atoms with E-state index >= 15 is 0 Å². The second-order valence-corrected chi connectivity index (χ2v) is 2.10. The molecule has 1 unspecified atom stereocenters. The number of nitrogens with two attached hydrogens (primary N) is 1. The number of rotatable bonds is 2. The molecule has 0 aromatic heterocycles. The number of thiol groups is 1. The SMILES string of the molecule is CC(N)(C=O)CS. The molecular formula is C4H9NOS. The molecule has 0 aromatic carbocycles. The molecule has 42 valence electrons. The van der Waals surface area contributed by atoms with E-state index < -0.39 is 5.54 Å². The molecule has 0 heterocycles. The van der Waals surface area contributed by atoms with Gasteiger partial charge in [0.1, 0.15) is 6.29 Å². The highest BCUT2D eigenvalue weighted by Gasteiger charge is 2.12. The van der Waals surface area contributed by atoms with Crippen LogP contribution in [0, 0.1) is 0 Å². The maximum absolute atomic E-state index is 9.88. The zero-order chi connectivity index (χ0) is 5.91. The van der Waals surface area contributed by atoms with E-state index in [9.17, 15) is 4.79 Å². The fraction of sp³-hybridized carbons (Fsp3) is 0.750. The Bertz CT molecular complexity index is 72.1. The fourth-order valence-corrected chi connectivity index (χ4v) is 0.112. The Morgan fingerprint density at radius 3 is 2.43 bits per heavy atom. The molecule has 3 heteroatoms. The molecule has 0 amide bonds. The van der Waals surface area contributed by atoms with Crippen LogP contribution in [0.3, 0.4) is 0 Å². The first-order valence-electron chi connectivity index (χ1n) is 1.98. The predicted molar refractivity (Wildman–Crippen MR) is 32.5 cm³/mol. The Hall–Kier alpha value is -0.0200. The lowest BCUT2D eigenvalue weighted by Crippen LogP contribution is -2.39. The molecule has 0 aromatic rings. The first-order valence-corrected chi connectivity index (χ1v) is 2.62. The normalized spacial score (nSPS) is 18.1. The quantitative estimate of drug-likeness (QED) is 0.391. The van der Waals surface area contributed by atoms with Crippen molar-refractivity contribution in [2.24, 2.45) is 5.73 Å². The van der Waals surface area contributed by atoms with E-state index in [0.717, 1.165) is 0 Å². The predicted octanol–water partition coefficient (Wildman–Crippen LogP) is -0.167. The van der Waals surface area contributed by atoms with Gasteiger partial charge in [-0.3, -0.25) is 0 Å². The van der Waals surface area contributed by atoms with E-state index in [0.29, 0.717) is 12.0 Å². The standard InChI is InChI=1S/C4H9NOS/c1-4(5,2-6)3-7/h2,7H,3,5H2,1H3. The van der Waals surface area contributed by atoms with Crippen LogP contribution >= 0.6 is 12.6 Å². The molecule has 0 aliphatic carbocycles. The summed E-state index contributed by atoms with van der Waals surface area (Å²) in [4.78, 5) is 9.88. The Labute approximate surface area is 48.5 Å². The van der Waals surface area contributed by atoms with Crippen molar-refractivity contribution in [1.29, 1.82) is 0 Å². The number of hydrogen-bond acceptors (Lipinski definition) is 3. The second kappa shape index (κ2) is 2.33. The van der Waals surface area contributed by atoms with Gasteiger partial charge in [0, 0.05) is 5.75 Å². The number of carbonyl (C=O) groups is 1. The summed E-state index contributed by atoms with van der Waals surface area (Å²) in [6, 6.07) is 0. The van der Waals surface area contributed by atoms with Crippen LogP contribution in [0.15, 0.2) is 0 Å². The van der Waals surface area contributed by atoms with Crippen LogP contribution in [-0.4, -0.2) is 17.6 Å². The van der Waals surface area contributed by atoms with E-state index in [2.05, 4.69) is 12.6 Å². The van der Waals surface area contributed by atoms with Crippen molar-refractivity contribution in [3.05, 3.63) is 0 Å². The summed E-state index contributed by atoms with van der Waals surface area (Å²) in [6.45, 7) is 1.63. The Morgan fingerprint density at radius 1 is 2.00 bits per heavy atom. The van der Waals surface area contributed by atoms with Crippen LogP contribution in [0.4, 0.5) is 0 Å². The van der Waals surface area contributed by atoms with Crippen LogP contribution in [0.5, 0.6) is 0 Å². The van der Waals surface area contributed by atoms with Crippen molar-refractivity contribution in [3.8, 4) is 0 Å². The lowest BCUT2D eigenvalue weighted by Gasteiger charge is -2.10. The molecule has 0 aliphatic heterocycles. The summed E-state index contributed by atoms with van der Waals surface area (Å²) < 4.78 is 0. The average molecular weight is 119 g/mol. The first-order chi connectivity index (χ1) is 3.12. The first kappa shape index (κ1) is 6.98. The molecule has 0 rings (SSSR count). The molecule has 0 aliphatic rings. The highest BCUT2D eigenvalue weighted by atomic mass is 32.1. The third kappa shape index (κ3) is 2.65. The topological polar surface area (TPSA) is 43.1 Å². The van der Waals surface area contributed by atoms with Crippen LogP contribution in [0.2, 0.25) is 0 Å². The summed E-state index contributed by atoms with van der Waals surface area (Å²) in [5, 5.41) is 0. The minimum absolute atomic E-state index is 0.399. The lowest BCUT2D eigenvalue weighted by atomic mass is 10.1. The van der Waals surface area contributed by atoms with Gasteiger partial charge in [0.15, 0.2) is 0 Å². The van der Waals surface area contributed by atoms with Crippen LogP contribution < -0.4 is 5.73 Å². The van der Waals surface area contributed by atoms with Gasteiger partial charge in [-0.05, 0) is 6.92 Å². The van der Waals surface area contributed by atoms with Gasteiger partial charge in [0.25, 0.3) is 0 Å². The largest absolute Gasteiger partial charge is 0.319 e. The minimum atomic E-state index is -0.733. The summed E-state index contributed by atoms with van der Waals surface area (Å²) in [7, 11) is 0. The monoisotopic (exact) mass is 119 g/mol. The van der Waals surface area contributed by atoms with Gasteiger partial charge in [-0.1, -0.05) is 0 Å². The Morgan fingerprint density at radius 2 is 2.43 bits per heavy atom. The van der Waals surface area contributed by atoms with E-state index in [1.165, 1.54) is 0 Å². The molecule has 1 atom stereocenters. The van der Waals surface area contributed by atoms with Crippen LogP contribution in [0.1, 0.15) is 6.92 Å². The number of carbonyl (C=O) groups excluding carboxylic acids is 1. The van der Waals surface area contributed by atoms with Crippen molar-refractivity contribution in [1.82, 2.24) is 0 Å². The van der Waals surface area contributed by atoms with E-state index in [1.54, 1.807) is 6.92 Å². The second-order valence-electron chi connectivity index (χ2n) is 1.78. The number of hydrogen-bond donors (Lipinski definition) is 2. The Balaban J connectivity index is 3.58. The smallest absolute Gasteiger partial charge is 0.140 e. The van der Waals surface area contributed by atoms with Gasteiger partial charge >= 0.3 is 0 Å². The summed E-state index contributed by atoms with van der Waals surface area (Å²) in [5.41, 5.74) is 4.54. The molecule has 7 heavy (non-hydrogen) atoms. The maximum atomic E-state index is 9.88. The van der Waals surface area contributed by atoms with Crippen molar-refractivity contribution in [3.63, 3.8) is 0 Å². The molecule has 0 spiro atoms. The summed E-state index contributed by atoms with van der Waals surface area (Å²) in [6.07, 6.45) is 0.694. The minimum Gasteiger partial charge on any atom is -0.319 e. The summed E-state index contributed by atoms with van der Waals surface area (Å²) >= 11 is 3.82. The number of aldehydes is 1. The van der Waals surface area contributed by atoms with Gasteiger partial charge in [0.2, 0.25) is 0 Å². The van der Waals surface area contributed by atoms with Gasteiger partial charge in [0.05, 0.1) is 5.54 Å². The molecule has 0 bridgehead atoms. The highest BCUT2D eigenvalue weighted by molar-refractivity contribution is 7.80. The lowest BCUT2D eigenvalue weighted by molar-refractivity contribution is -0.111. The molecule has 0 fully saturated rings. The highest BCUT2D eigenvalue weighted by Crippen LogP contribution is 1.94. The van der Waals surface area contributed by atoms with Crippen molar-refractivity contribution >= 4 is 18.9 Å². The maximum Gasteiger partial charge on any atom is 0.140 e. The van der Waals surface area contributed by atoms with Gasteiger partial charge < -0.3 is 10.5 Å². The van der Waals surface area contributed by atoms with E-state index in [4.69, 9.17) is 5.73 Å². The van der Waals surface area contributed by atoms with Crippen molar-refractivity contribution in [2.75, 3.05) is 5.75 Å². The molecule has 0 saturated carbocycles. The summed E-state index contributed by atoms with van der Waals surface area (Å²) in [5.74, 6) is 0.399. The van der Waals surface area contributed by atoms with Crippen LogP contribution in [-0.2, 0) is 4.79 Å². The fourth-order valence-electron chi connectivity index (χ4n) is 0.0373. The molecule has 2 N–H and O–H groups in total. The van der Waals surface area contributed by atoms with Crippen molar-refractivity contribution in [2.45, 2.75) is 12.5 Å². The Kier molecular flexibility index (Phi) is 2.32. The third-order valence-corrected chi connectivity index (χ3v) is 1.29. The van der Waals surface area contributed by atoms with Gasteiger partial charge in [-0.25, -0.2) is 0 Å². The van der Waals surface area contributed by atoms with E-state index in [-0.39, 0.29) is 0 Å².